The van der Waals surface area contributed by atoms with Crippen molar-refractivity contribution in [1.29, 1.82) is 0 Å². The second-order valence-electron chi connectivity index (χ2n) is 8.36. The van der Waals surface area contributed by atoms with Gasteiger partial charge in [0, 0.05) is 17.6 Å². The van der Waals surface area contributed by atoms with Crippen LogP contribution in [0.25, 0.3) is 27.7 Å². The zero-order valence-corrected chi connectivity index (χ0v) is 18.4. The van der Waals surface area contributed by atoms with Gasteiger partial charge in [-0.1, -0.05) is 0 Å². The molecule has 0 unspecified atom stereocenters. The van der Waals surface area contributed by atoms with E-state index < -0.39 is 38.6 Å². The first-order valence-corrected chi connectivity index (χ1v) is 11.5. The number of halogens is 3. The largest absolute Gasteiger partial charge is 0.371 e. The van der Waals surface area contributed by atoms with Gasteiger partial charge < -0.3 is 5.32 Å². The molecule has 2 aromatic heterocycles. The lowest BCUT2D eigenvalue weighted by molar-refractivity contribution is 0.517. The maximum Gasteiger partial charge on any atom is 0.236 e. The molecule has 3 heterocycles. The van der Waals surface area contributed by atoms with Gasteiger partial charge in [-0.05, 0) is 44.5 Å². The normalized spacial score (nSPS) is 14.8. The Labute approximate surface area is 181 Å². The summed E-state index contributed by atoms with van der Waals surface area (Å²) < 4.78 is 72.3. The van der Waals surface area contributed by atoms with Crippen molar-refractivity contribution in [3.8, 4) is 16.8 Å². The van der Waals surface area contributed by atoms with Gasteiger partial charge in [0.25, 0.3) is 0 Å². The molecule has 2 aromatic carbocycles. The number of benzene rings is 2. The molecule has 0 saturated carbocycles. The Kier molecular flexibility index (Phi) is 4.08. The molecule has 0 radical (unpaired) electrons. The lowest BCUT2D eigenvalue weighted by Crippen LogP contribution is -2.36. The molecule has 0 aliphatic carbocycles. The van der Waals surface area contributed by atoms with E-state index in [9.17, 15) is 12.8 Å². The zero-order valence-electron chi connectivity index (χ0n) is 17.5. The van der Waals surface area contributed by atoms with Gasteiger partial charge in [0.05, 0.1) is 28.6 Å². The summed E-state index contributed by atoms with van der Waals surface area (Å²) in [6, 6.07) is 4.53. The van der Waals surface area contributed by atoms with E-state index in [1.54, 1.807) is 6.92 Å². The lowest BCUT2D eigenvalue weighted by Gasteiger charge is -2.34. The molecule has 1 aliphatic rings. The molecular formula is C21H18F3N5O2S. The van der Waals surface area contributed by atoms with Crippen LogP contribution in [0.4, 0.5) is 18.9 Å². The van der Waals surface area contributed by atoms with Crippen LogP contribution in [0.2, 0.25) is 0 Å². The minimum atomic E-state index is -3.76. The first kappa shape index (κ1) is 20.6. The van der Waals surface area contributed by atoms with E-state index in [1.807, 2.05) is 13.8 Å². The fourth-order valence-electron chi connectivity index (χ4n) is 4.28. The van der Waals surface area contributed by atoms with Crippen LogP contribution in [-0.2, 0) is 15.6 Å². The Hall–Kier alpha value is -3.34. The molecule has 7 nitrogen and oxygen atoms in total. The summed E-state index contributed by atoms with van der Waals surface area (Å²) in [5, 5.41) is 11.4. The molecule has 32 heavy (non-hydrogen) atoms. The van der Waals surface area contributed by atoms with Gasteiger partial charge in [-0.25, -0.2) is 25.6 Å². The molecule has 166 valence electrons. The fourth-order valence-corrected chi connectivity index (χ4v) is 5.07. The van der Waals surface area contributed by atoms with Crippen molar-refractivity contribution in [3.63, 3.8) is 0 Å². The minimum Gasteiger partial charge on any atom is -0.371 e. The monoisotopic (exact) mass is 461 g/mol. The Morgan fingerprint density at radius 1 is 1.09 bits per heavy atom. The van der Waals surface area contributed by atoms with E-state index in [0.29, 0.717) is 11.6 Å². The van der Waals surface area contributed by atoms with Crippen LogP contribution in [0.5, 0.6) is 0 Å². The molecular weight excluding hydrogens is 443 g/mol. The predicted octanol–water partition coefficient (Wildman–Crippen LogP) is 4.08. The standard InChI is InChI=1S/C21H18F3N5O2S/c1-10-26-27-20-21(2,3)25-15-9-14(23)17(18(24)19(15)29(10)20)13-7-11(22)8-16-12(13)5-6-28(16)32(4,30)31/h5-9,25H,1-4H3. The van der Waals surface area contributed by atoms with E-state index in [-0.39, 0.29) is 27.8 Å². The van der Waals surface area contributed by atoms with Gasteiger partial charge in [0.2, 0.25) is 10.0 Å². The number of nitrogens with zero attached hydrogens (tertiary/aromatic N) is 4. The van der Waals surface area contributed by atoms with Crippen LogP contribution in [0.1, 0.15) is 25.5 Å². The fraction of sp³-hybridized carbons (Fsp3) is 0.238. The Bertz CT molecular complexity index is 1550. The summed E-state index contributed by atoms with van der Waals surface area (Å²) in [5.74, 6) is -1.84. The number of hydrogen-bond donors (Lipinski definition) is 1. The van der Waals surface area contributed by atoms with Gasteiger partial charge in [0.15, 0.2) is 11.6 Å². The molecule has 0 amide bonds. The summed E-state index contributed by atoms with van der Waals surface area (Å²) in [6.45, 7) is 5.27. The number of anilines is 1. The van der Waals surface area contributed by atoms with Crippen LogP contribution in [0.3, 0.4) is 0 Å². The summed E-state index contributed by atoms with van der Waals surface area (Å²) in [6.07, 6.45) is 2.18. The number of rotatable bonds is 2. The Balaban J connectivity index is 1.87. The van der Waals surface area contributed by atoms with Crippen molar-refractivity contribution < 1.29 is 21.6 Å². The molecule has 0 bridgehead atoms. The van der Waals surface area contributed by atoms with E-state index in [2.05, 4.69) is 15.5 Å². The Morgan fingerprint density at radius 3 is 2.50 bits per heavy atom. The third-order valence-corrected chi connectivity index (χ3v) is 6.64. The SMILES string of the molecule is Cc1nnc2n1-c1c(cc(F)c(-c3cc(F)cc4c3ccn4S(C)(=O)=O)c1F)NC2(C)C. The average molecular weight is 461 g/mol. The number of aromatic nitrogens is 4. The van der Waals surface area contributed by atoms with Crippen LogP contribution >= 0.6 is 0 Å². The van der Waals surface area contributed by atoms with Crippen molar-refractivity contribution in [2.75, 3.05) is 11.6 Å². The third kappa shape index (κ3) is 2.77. The Morgan fingerprint density at radius 2 is 1.81 bits per heavy atom. The summed E-state index contributed by atoms with van der Waals surface area (Å²) in [4.78, 5) is 0. The number of aryl methyl sites for hydroxylation is 1. The first-order valence-electron chi connectivity index (χ1n) is 9.65. The molecule has 1 aliphatic heterocycles. The van der Waals surface area contributed by atoms with Crippen LogP contribution in [-0.4, -0.2) is 33.4 Å². The average Bonchev–Trinajstić information content (AvgIpc) is 3.25. The van der Waals surface area contributed by atoms with E-state index >= 15 is 8.78 Å². The van der Waals surface area contributed by atoms with Crippen molar-refractivity contribution in [3.05, 3.63) is 59.6 Å². The maximum absolute atomic E-state index is 16.0. The molecule has 4 aromatic rings. The first-order chi connectivity index (χ1) is 14.9. The van der Waals surface area contributed by atoms with Crippen LogP contribution < -0.4 is 5.32 Å². The molecule has 11 heteroatoms. The van der Waals surface area contributed by atoms with Crippen LogP contribution in [0, 0.1) is 24.4 Å². The van der Waals surface area contributed by atoms with E-state index in [0.717, 1.165) is 28.4 Å². The molecule has 0 atom stereocenters. The van der Waals surface area contributed by atoms with Crippen molar-refractivity contribution in [2.45, 2.75) is 26.3 Å². The summed E-state index contributed by atoms with van der Waals surface area (Å²) in [7, 11) is -3.76. The third-order valence-electron chi connectivity index (χ3n) is 5.61. The molecule has 1 N–H and O–H groups in total. The maximum atomic E-state index is 16.0. The van der Waals surface area contributed by atoms with Crippen molar-refractivity contribution in [2.24, 2.45) is 0 Å². The molecule has 0 saturated heterocycles. The van der Waals surface area contributed by atoms with Gasteiger partial charge in [-0.3, -0.25) is 4.57 Å². The lowest BCUT2D eigenvalue weighted by atomic mass is 9.95. The quantitative estimate of drug-likeness (QED) is 0.487. The van der Waals surface area contributed by atoms with E-state index in [4.69, 9.17) is 0 Å². The summed E-state index contributed by atoms with van der Waals surface area (Å²) in [5.41, 5.74) is -1.12. The smallest absolute Gasteiger partial charge is 0.236 e. The zero-order chi connectivity index (χ0) is 23.2. The highest BCUT2D eigenvalue weighted by Gasteiger charge is 2.37. The highest BCUT2D eigenvalue weighted by molar-refractivity contribution is 7.89. The topological polar surface area (TPSA) is 81.8 Å². The van der Waals surface area contributed by atoms with Crippen molar-refractivity contribution >= 4 is 26.6 Å². The second kappa shape index (κ2) is 6.35. The van der Waals surface area contributed by atoms with E-state index in [1.165, 1.54) is 16.8 Å². The predicted molar refractivity (Wildman–Crippen MR) is 114 cm³/mol. The van der Waals surface area contributed by atoms with Crippen molar-refractivity contribution in [1.82, 2.24) is 18.7 Å². The van der Waals surface area contributed by atoms with Gasteiger partial charge in [-0.15, -0.1) is 10.2 Å². The molecule has 0 spiro atoms. The number of hydrogen-bond acceptors (Lipinski definition) is 5. The summed E-state index contributed by atoms with van der Waals surface area (Å²) >= 11 is 0. The second-order valence-corrected chi connectivity index (χ2v) is 10.2. The highest BCUT2D eigenvalue weighted by atomic mass is 32.2. The highest BCUT2D eigenvalue weighted by Crippen LogP contribution is 2.43. The van der Waals surface area contributed by atoms with Gasteiger partial charge >= 0.3 is 0 Å². The molecule has 0 fully saturated rings. The number of nitrogens with one attached hydrogen (secondary N) is 1. The van der Waals surface area contributed by atoms with Gasteiger partial charge in [-0.2, -0.15) is 0 Å². The van der Waals surface area contributed by atoms with Crippen LogP contribution in [0.15, 0.2) is 30.5 Å². The minimum absolute atomic E-state index is 0.0122. The number of fused-ring (bicyclic) bond motifs is 4. The molecule has 5 rings (SSSR count). The van der Waals surface area contributed by atoms with Gasteiger partial charge in [0.1, 0.15) is 23.1 Å².